The molecule has 22 heavy (non-hydrogen) atoms. The van der Waals surface area contributed by atoms with Crippen molar-refractivity contribution in [3.8, 4) is 0 Å². The molecule has 1 fully saturated rings. The second-order valence-electron chi connectivity index (χ2n) is 6.23. The number of ether oxygens (including phenoxy) is 1. The highest BCUT2D eigenvalue weighted by atomic mass is 16.6. The average Bonchev–Trinajstić information content (AvgIpc) is 2.96. The van der Waals surface area contributed by atoms with E-state index in [0.29, 0.717) is 19.4 Å². The van der Waals surface area contributed by atoms with Gasteiger partial charge in [0, 0.05) is 23.6 Å². The third kappa shape index (κ3) is 2.08. The van der Waals surface area contributed by atoms with E-state index in [4.69, 9.17) is 4.74 Å². The lowest BCUT2D eigenvalue weighted by Gasteiger charge is -2.36. The summed E-state index contributed by atoms with van der Waals surface area (Å²) in [5, 5.41) is 11.9. The summed E-state index contributed by atoms with van der Waals surface area (Å²) in [5.41, 5.74) is 0.0332. The number of nitrogens with zero attached hydrogens (tertiary/aromatic N) is 1. The van der Waals surface area contributed by atoms with Crippen LogP contribution >= 0.6 is 0 Å². The van der Waals surface area contributed by atoms with Gasteiger partial charge in [-0.3, -0.25) is 4.90 Å². The first-order valence-electron chi connectivity index (χ1n) is 7.67. The van der Waals surface area contributed by atoms with Gasteiger partial charge in [-0.1, -0.05) is 25.1 Å². The Morgan fingerprint density at radius 2 is 2.05 bits per heavy atom. The van der Waals surface area contributed by atoms with E-state index in [1.807, 2.05) is 31.3 Å². The third-order valence-electron chi connectivity index (χ3n) is 5.01. The lowest BCUT2D eigenvalue weighted by Crippen LogP contribution is -2.55. The SMILES string of the molecule is CCC1(C)OC(=O)N(CCc2c[nH]c3ccccc23)C1(C)O. The molecule has 2 N–H and O–H groups in total. The largest absolute Gasteiger partial charge is 0.438 e. The number of cyclic esters (lactones) is 1. The maximum atomic E-state index is 12.1. The van der Waals surface area contributed by atoms with Gasteiger partial charge in [-0.2, -0.15) is 0 Å². The van der Waals surface area contributed by atoms with Gasteiger partial charge in [-0.15, -0.1) is 0 Å². The summed E-state index contributed by atoms with van der Waals surface area (Å²) in [7, 11) is 0. The van der Waals surface area contributed by atoms with E-state index in [1.54, 1.807) is 13.8 Å². The van der Waals surface area contributed by atoms with Crippen molar-refractivity contribution in [2.24, 2.45) is 0 Å². The first-order valence-corrected chi connectivity index (χ1v) is 7.67. The Bertz CT molecular complexity index is 707. The summed E-state index contributed by atoms with van der Waals surface area (Å²) in [5.74, 6) is 0. The Labute approximate surface area is 129 Å². The summed E-state index contributed by atoms with van der Waals surface area (Å²) < 4.78 is 5.41. The van der Waals surface area contributed by atoms with Crippen LogP contribution in [0.3, 0.4) is 0 Å². The number of benzene rings is 1. The average molecular weight is 302 g/mol. The second-order valence-corrected chi connectivity index (χ2v) is 6.23. The predicted octanol–water partition coefficient (Wildman–Crippen LogP) is 3.04. The number of carbonyl (C=O) groups is 1. The topological polar surface area (TPSA) is 65.6 Å². The van der Waals surface area contributed by atoms with Crippen molar-refractivity contribution in [3.63, 3.8) is 0 Å². The van der Waals surface area contributed by atoms with Crippen LogP contribution < -0.4 is 0 Å². The first-order chi connectivity index (χ1) is 10.4. The molecule has 2 heterocycles. The number of aromatic amines is 1. The molecule has 1 aliphatic heterocycles. The number of H-pyrrole nitrogens is 1. The highest BCUT2D eigenvalue weighted by Gasteiger charge is 2.57. The molecular formula is C17H22N2O3. The van der Waals surface area contributed by atoms with Crippen LogP contribution in [0.15, 0.2) is 30.5 Å². The summed E-state index contributed by atoms with van der Waals surface area (Å²) in [6, 6.07) is 8.05. The highest BCUT2D eigenvalue weighted by Crippen LogP contribution is 2.39. The number of rotatable bonds is 4. The van der Waals surface area contributed by atoms with Gasteiger partial charge in [0.1, 0.15) is 0 Å². The molecule has 0 radical (unpaired) electrons. The van der Waals surface area contributed by atoms with Crippen LogP contribution in [-0.4, -0.2) is 39.0 Å². The molecule has 0 bridgehead atoms. The molecule has 2 atom stereocenters. The van der Waals surface area contributed by atoms with Gasteiger partial charge in [-0.05, 0) is 38.3 Å². The number of para-hydroxylation sites is 1. The van der Waals surface area contributed by atoms with Gasteiger partial charge in [0.15, 0.2) is 11.3 Å². The molecule has 5 nitrogen and oxygen atoms in total. The molecule has 1 aromatic heterocycles. The number of aliphatic hydroxyl groups is 1. The molecular weight excluding hydrogens is 280 g/mol. The normalized spacial score (nSPS) is 28.4. The van der Waals surface area contributed by atoms with Gasteiger partial charge in [-0.25, -0.2) is 4.79 Å². The predicted molar refractivity (Wildman–Crippen MR) is 84.5 cm³/mol. The van der Waals surface area contributed by atoms with E-state index in [2.05, 4.69) is 11.1 Å². The molecule has 2 unspecified atom stereocenters. The summed E-state index contributed by atoms with van der Waals surface area (Å²) >= 11 is 0. The molecule has 1 saturated heterocycles. The van der Waals surface area contributed by atoms with Crippen molar-refractivity contribution in [2.45, 2.75) is 44.9 Å². The van der Waals surface area contributed by atoms with Crippen LogP contribution in [0.2, 0.25) is 0 Å². The van der Waals surface area contributed by atoms with Gasteiger partial charge < -0.3 is 14.8 Å². The number of nitrogens with one attached hydrogen (secondary N) is 1. The van der Waals surface area contributed by atoms with E-state index in [0.717, 1.165) is 16.5 Å². The fourth-order valence-corrected chi connectivity index (χ4v) is 3.09. The van der Waals surface area contributed by atoms with Gasteiger partial charge in [0.25, 0.3) is 0 Å². The van der Waals surface area contributed by atoms with Crippen molar-refractivity contribution < 1.29 is 14.6 Å². The van der Waals surface area contributed by atoms with Crippen molar-refractivity contribution in [1.82, 2.24) is 9.88 Å². The zero-order valence-corrected chi connectivity index (χ0v) is 13.2. The molecule has 2 aromatic rings. The minimum absolute atomic E-state index is 0.420. The second kappa shape index (κ2) is 5.02. The Morgan fingerprint density at radius 3 is 2.73 bits per heavy atom. The third-order valence-corrected chi connectivity index (χ3v) is 5.01. The maximum absolute atomic E-state index is 12.1. The van der Waals surface area contributed by atoms with E-state index >= 15 is 0 Å². The number of hydrogen-bond donors (Lipinski definition) is 2. The molecule has 1 aliphatic rings. The van der Waals surface area contributed by atoms with Crippen LogP contribution in [-0.2, 0) is 11.2 Å². The van der Waals surface area contributed by atoms with Gasteiger partial charge >= 0.3 is 6.09 Å². The van der Waals surface area contributed by atoms with Crippen LogP contribution in [0, 0.1) is 0 Å². The Balaban J connectivity index is 1.80. The van der Waals surface area contributed by atoms with E-state index in [1.165, 1.54) is 4.90 Å². The molecule has 0 aliphatic carbocycles. The minimum Gasteiger partial charge on any atom is -0.438 e. The number of amides is 1. The van der Waals surface area contributed by atoms with E-state index < -0.39 is 17.4 Å². The van der Waals surface area contributed by atoms with Crippen LogP contribution in [0.4, 0.5) is 4.79 Å². The molecule has 118 valence electrons. The highest BCUT2D eigenvalue weighted by molar-refractivity contribution is 5.83. The number of fused-ring (bicyclic) bond motifs is 1. The number of aromatic nitrogens is 1. The summed E-state index contributed by atoms with van der Waals surface area (Å²) in [6.45, 7) is 5.75. The Hall–Kier alpha value is -2.01. The maximum Gasteiger partial charge on any atom is 0.412 e. The van der Waals surface area contributed by atoms with Crippen LogP contribution in [0.25, 0.3) is 10.9 Å². The quantitative estimate of drug-likeness (QED) is 0.912. The molecule has 1 amide bonds. The fourth-order valence-electron chi connectivity index (χ4n) is 3.09. The molecule has 3 rings (SSSR count). The summed E-state index contributed by atoms with van der Waals surface area (Å²) in [6.07, 6.45) is 2.73. The minimum atomic E-state index is -1.30. The van der Waals surface area contributed by atoms with Gasteiger partial charge in [0.2, 0.25) is 0 Å². The van der Waals surface area contributed by atoms with Crippen molar-refractivity contribution in [2.75, 3.05) is 6.54 Å². The smallest absolute Gasteiger partial charge is 0.412 e. The van der Waals surface area contributed by atoms with Crippen molar-refractivity contribution in [3.05, 3.63) is 36.0 Å². The summed E-state index contributed by atoms with van der Waals surface area (Å²) in [4.78, 5) is 16.8. The molecule has 0 spiro atoms. The van der Waals surface area contributed by atoms with Gasteiger partial charge in [0.05, 0.1) is 0 Å². The Morgan fingerprint density at radius 1 is 1.32 bits per heavy atom. The number of hydrogen-bond acceptors (Lipinski definition) is 3. The first kappa shape index (κ1) is 14.9. The van der Waals surface area contributed by atoms with Crippen molar-refractivity contribution in [1.29, 1.82) is 0 Å². The zero-order chi connectivity index (χ0) is 16.0. The molecule has 0 saturated carbocycles. The lowest BCUT2D eigenvalue weighted by molar-refractivity contribution is -0.137. The van der Waals surface area contributed by atoms with Crippen LogP contribution in [0.1, 0.15) is 32.8 Å². The van der Waals surface area contributed by atoms with Crippen molar-refractivity contribution >= 4 is 17.0 Å². The van der Waals surface area contributed by atoms with Crippen LogP contribution in [0.5, 0.6) is 0 Å². The number of carbonyl (C=O) groups excluding carboxylic acids is 1. The molecule has 1 aromatic carbocycles. The lowest BCUT2D eigenvalue weighted by atomic mass is 9.90. The fraction of sp³-hybridized carbons (Fsp3) is 0.471. The zero-order valence-electron chi connectivity index (χ0n) is 13.2. The van der Waals surface area contributed by atoms with E-state index in [9.17, 15) is 9.90 Å². The monoisotopic (exact) mass is 302 g/mol. The Kier molecular flexibility index (Phi) is 3.40. The van der Waals surface area contributed by atoms with E-state index in [-0.39, 0.29) is 0 Å². The molecule has 5 heteroatoms. The standard InChI is InChI=1S/C17H22N2O3/c1-4-16(2)17(3,21)19(15(20)22-16)10-9-12-11-18-14-8-6-5-7-13(12)14/h5-8,11,18,21H,4,9-10H2,1-3H3.